The summed E-state index contributed by atoms with van der Waals surface area (Å²) in [5.41, 5.74) is 0.222. The Kier molecular flexibility index (Phi) is 4.40. The lowest BCUT2D eigenvalue weighted by molar-refractivity contribution is -0.276. The van der Waals surface area contributed by atoms with E-state index in [0.29, 0.717) is 5.92 Å². The first-order valence-corrected chi connectivity index (χ1v) is 8.45. The van der Waals surface area contributed by atoms with E-state index in [9.17, 15) is 18.0 Å². The Hall–Kier alpha value is -2.78. The van der Waals surface area contributed by atoms with Gasteiger partial charge in [-0.3, -0.25) is 4.79 Å². The summed E-state index contributed by atoms with van der Waals surface area (Å²) in [4.78, 5) is 21.9. The molecule has 2 aromatic heterocycles. The maximum Gasteiger partial charge on any atom is 0.574 e. The van der Waals surface area contributed by atoms with E-state index in [4.69, 9.17) is 9.15 Å². The number of nitrogens with zero attached hydrogens (tertiary/aromatic N) is 3. The van der Waals surface area contributed by atoms with Gasteiger partial charge in [0, 0.05) is 19.2 Å². The van der Waals surface area contributed by atoms with Gasteiger partial charge in [0.25, 0.3) is 5.91 Å². The highest BCUT2D eigenvalue weighted by Gasteiger charge is 2.43. The van der Waals surface area contributed by atoms with Crippen LogP contribution in [0.1, 0.15) is 29.2 Å². The maximum atomic E-state index is 12.4. The van der Waals surface area contributed by atoms with Gasteiger partial charge in [0.2, 0.25) is 11.8 Å². The molecular weight excluding hydrogens is 367 g/mol. The Morgan fingerprint density at radius 1 is 1.33 bits per heavy atom. The van der Waals surface area contributed by atoms with E-state index in [2.05, 4.69) is 14.7 Å². The van der Waals surface area contributed by atoms with E-state index in [1.54, 1.807) is 4.90 Å². The number of piperidine rings is 1. The highest BCUT2D eigenvalue weighted by Crippen LogP contribution is 2.44. The number of likely N-dealkylation sites (tertiary alicyclic amines) is 1. The van der Waals surface area contributed by atoms with Gasteiger partial charge >= 0.3 is 6.36 Å². The smallest absolute Gasteiger partial charge is 0.482 e. The molecule has 10 heteroatoms. The van der Waals surface area contributed by atoms with Crippen molar-refractivity contribution >= 4 is 5.91 Å². The third-order valence-electron chi connectivity index (χ3n) is 4.64. The van der Waals surface area contributed by atoms with E-state index in [-0.39, 0.29) is 29.8 Å². The van der Waals surface area contributed by atoms with E-state index in [0.717, 1.165) is 37.7 Å². The molecule has 0 radical (unpaired) electrons. The number of carbonyl (C=O) groups excluding carboxylic acids is 1. The largest absolute Gasteiger partial charge is 0.574 e. The lowest BCUT2D eigenvalue weighted by Gasteiger charge is -2.25. The summed E-state index contributed by atoms with van der Waals surface area (Å²) in [6, 6.07) is 2.32. The molecule has 2 fully saturated rings. The first-order valence-electron chi connectivity index (χ1n) is 8.45. The molecule has 2 aromatic rings. The van der Waals surface area contributed by atoms with Crippen molar-refractivity contribution < 1.29 is 31.9 Å². The number of amides is 1. The fourth-order valence-electron chi connectivity index (χ4n) is 3.18. The standard InChI is InChI=1S/C17H16F3N3O4/c18-17(19,20)27-14-2-1-12(6-21-14)25-9-15-22-13(8-26-15)16(24)23-4-3-10-5-11(10)7-23/h1-2,6,8,10-11H,3-5,7,9H2. The van der Waals surface area contributed by atoms with Crippen molar-refractivity contribution in [1.29, 1.82) is 0 Å². The second kappa shape index (κ2) is 6.75. The molecule has 1 saturated carbocycles. The van der Waals surface area contributed by atoms with Gasteiger partial charge in [-0.2, -0.15) is 0 Å². The predicted molar refractivity (Wildman–Crippen MR) is 83.9 cm³/mol. The van der Waals surface area contributed by atoms with E-state index in [1.807, 2.05) is 0 Å². The maximum absolute atomic E-state index is 12.4. The second-order valence-corrected chi connectivity index (χ2v) is 6.59. The lowest BCUT2D eigenvalue weighted by Crippen LogP contribution is -2.37. The summed E-state index contributed by atoms with van der Waals surface area (Å²) in [6.07, 6.45) is -0.187. The SMILES string of the molecule is O=C(c1coc(COc2ccc(OC(F)(F)F)nc2)n1)N1CCC2CC2C1. The van der Waals surface area contributed by atoms with Crippen molar-refractivity contribution in [1.82, 2.24) is 14.9 Å². The number of pyridine rings is 1. The van der Waals surface area contributed by atoms with Crippen LogP contribution in [-0.4, -0.2) is 40.2 Å². The Labute approximate surface area is 152 Å². The minimum Gasteiger partial charge on any atom is -0.482 e. The van der Waals surface area contributed by atoms with Crippen LogP contribution >= 0.6 is 0 Å². The number of rotatable bonds is 5. The molecule has 7 nitrogen and oxygen atoms in total. The Bertz CT molecular complexity index is 822. The van der Waals surface area contributed by atoms with Gasteiger partial charge in [0.15, 0.2) is 12.3 Å². The minimum absolute atomic E-state index is 0.0842. The average Bonchev–Trinajstić information content (AvgIpc) is 3.25. The first kappa shape index (κ1) is 17.6. The molecule has 0 bridgehead atoms. The number of fused-ring (bicyclic) bond motifs is 1. The minimum atomic E-state index is -4.80. The quantitative estimate of drug-likeness (QED) is 0.790. The molecule has 0 N–H and O–H groups in total. The van der Waals surface area contributed by atoms with Gasteiger partial charge in [-0.25, -0.2) is 9.97 Å². The van der Waals surface area contributed by atoms with Crippen molar-refractivity contribution in [2.75, 3.05) is 13.1 Å². The Morgan fingerprint density at radius 3 is 2.89 bits per heavy atom. The van der Waals surface area contributed by atoms with Crippen LogP contribution < -0.4 is 9.47 Å². The summed E-state index contributed by atoms with van der Waals surface area (Å²) in [7, 11) is 0. The predicted octanol–water partition coefficient (Wildman–Crippen LogP) is 3.03. The van der Waals surface area contributed by atoms with Crippen molar-refractivity contribution in [2.45, 2.75) is 25.8 Å². The molecule has 1 aliphatic heterocycles. The normalized spacial score (nSPS) is 21.5. The molecule has 144 valence electrons. The number of carbonyl (C=O) groups is 1. The summed E-state index contributed by atoms with van der Waals surface area (Å²) in [5, 5.41) is 0. The van der Waals surface area contributed by atoms with Crippen LogP contribution in [0.25, 0.3) is 0 Å². The average molecular weight is 383 g/mol. The topological polar surface area (TPSA) is 77.7 Å². The molecule has 1 aliphatic carbocycles. The first-order chi connectivity index (χ1) is 12.9. The van der Waals surface area contributed by atoms with Gasteiger partial charge in [-0.15, -0.1) is 13.2 Å². The van der Waals surface area contributed by atoms with Crippen molar-refractivity contribution in [3.8, 4) is 11.6 Å². The van der Waals surface area contributed by atoms with Gasteiger partial charge in [0.1, 0.15) is 12.0 Å². The monoisotopic (exact) mass is 383 g/mol. The van der Waals surface area contributed by atoms with Crippen LogP contribution in [0, 0.1) is 11.8 Å². The molecule has 2 unspecified atom stereocenters. The van der Waals surface area contributed by atoms with Gasteiger partial charge in [-0.05, 0) is 30.7 Å². The summed E-state index contributed by atoms with van der Waals surface area (Å²) in [5.74, 6) is 1.05. The van der Waals surface area contributed by atoms with Gasteiger partial charge < -0.3 is 18.8 Å². The highest BCUT2D eigenvalue weighted by atomic mass is 19.4. The van der Waals surface area contributed by atoms with E-state index in [1.165, 1.54) is 18.8 Å². The third kappa shape index (κ3) is 4.32. The molecule has 1 amide bonds. The number of halogens is 3. The van der Waals surface area contributed by atoms with E-state index >= 15 is 0 Å². The van der Waals surface area contributed by atoms with Gasteiger partial charge in [-0.1, -0.05) is 0 Å². The number of hydrogen-bond donors (Lipinski definition) is 0. The molecule has 4 rings (SSSR count). The fraction of sp³-hybridized carbons (Fsp3) is 0.471. The Balaban J connectivity index is 1.31. The van der Waals surface area contributed by atoms with Crippen LogP contribution in [0.3, 0.4) is 0 Å². The zero-order valence-corrected chi connectivity index (χ0v) is 14.1. The van der Waals surface area contributed by atoms with E-state index < -0.39 is 12.2 Å². The number of ether oxygens (including phenoxy) is 2. The van der Waals surface area contributed by atoms with Crippen LogP contribution in [-0.2, 0) is 6.61 Å². The molecular formula is C17H16F3N3O4. The fourth-order valence-corrected chi connectivity index (χ4v) is 3.18. The zero-order chi connectivity index (χ0) is 19.0. The molecule has 2 aliphatic rings. The van der Waals surface area contributed by atoms with Crippen molar-refractivity contribution in [2.24, 2.45) is 11.8 Å². The number of aromatic nitrogens is 2. The lowest BCUT2D eigenvalue weighted by atomic mass is 10.1. The number of alkyl halides is 3. The second-order valence-electron chi connectivity index (χ2n) is 6.59. The van der Waals surface area contributed by atoms with Gasteiger partial charge in [0.05, 0.1) is 6.20 Å². The molecule has 3 heterocycles. The van der Waals surface area contributed by atoms with Crippen LogP contribution in [0.15, 0.2) is 29.0 Å². The van der Waals surface area contributed by atoms with Crippen LogP contribution in [0.4, 0.5) is 13.2 Å². The third-order valence-corrected chi connectivity index (χ3v) is 4.64. The molecule has 2 atom stereocenters. The molecule has 1 saturated heterocycles. The van der Waals surface area contributed by atoms with Crippen molar-refractivity contribution in [3.63, 3.8) is 0 Å². The Morgan fingerprint density at radius 2 is 2.19 bits per heavy atom. The number of oxazole rings is 1. The molecule has 27 heavy (non-hydrogen) atoms. The number of hydrogen-bond acceptors (Lipinski definition) is 6. The highest BCUT2D eigenvalue weighted by molar-refractivity contribution is 5.92. The zero-order valence-electron chi connectivity index (χ0n) is 14.1. The summed E-state index contributed by atoms with van der Waals surface area (Å²) < 4.78 is 50.6. The van der Waals surface area contributed by atoms with Crippen LogP contribution in [0.5, 0.6) is 11.6 Å². The summed E-state index contributed by atoms with van der Waals surface area (Å²) >= 11 is 0. The molecule has 0 aromatic carbocycles. The summed E-state index contributed by atoms with van der Waals surface area (Å²) in [6.45, 7) is 1.41. The van der Waals surface area contributed by atoms with Crippen LogP contribution in [0.2, 0.25) is 0 Å². The molecule has 0 spiro atoms. The van der Waals surface area contributed by atoms with Crippen molar-refractivity contribution in [3.05, 3.63) is 36.2 Å².